The SMILES string of the molecule is COc1ccc(S(=O)(=O)N2CCC(C(=O)Nc3ccc(Cl)cc3C)CC2)cc1OC. The lowest BCUT2D eigenvalue weighted by molar-refractivity contribution is -0.120. The van der Waals surface area contributed by atoms with Crippen LogP contribution in [0, 0.1) is 12.8 Å². The topological polar surface area (TPSA) is 84.9 Å². The van der Waals surface area contributed by atoms with Gasteiger partial charge in [0.05, 0.1) is 19.1 Å². The number of rotatable bonds is 6. The van der Waals surface area contributed by atoms with Crippen molar-refractivity contribution in [2.75, 3.05) is 32.6 Å². The van der Waals surface area contributed by atoms with Crippen LogP contribution < -0.4 is 14.8 Å². The molecule has 1 N–H and O–H groups in total. The molecule has 0 bridgehead atoms. The first kappa shape index (κ1) is 22.4. The lowest BCUT2D eigenvalue weighted by atomic mass is 9.97. The lowest BCUT2D eigenvalue weighted by Gasteiger charge is -2.30. The van der Waals surface area contributed by atoms with E-state index in [1.165, 1.54) is 30.7 Å². The molecule has 2 aromatic rings. The minimum atomic E-state index is -3.69. The number of nitrogens with zero attached hydrogens (tertiary/aromatic N) is 1. The molecule has 1 aliphatic rings. The van der Waals surface area contributed by atoms with Crippen molar-refractivity contribution in [1.29, 1.82) is 0 Å². The molecular weight excluding hydrogens is 428 g/mol. The predicted octanol–water partition coefficient (Wildman–Crippen LogP) is 3.71. The number of benzene rings is 2. The molecule has 0 aromatic heterocycles. The summed E-state index contributed by atoms with van der Waals surface area (Å²) in [4.78, 5) is 12.8. The van der Waals surface area contributed by atoms with Crippen molar-refractivity contribution in [1.82, 2.24) is 4.31 Å². The number of carbonyl (C=O) groups is 1. The van der Waals surface area contributed by atoms with Crippen LogP contribution in [-0.2, 0) is 14.8 Å². The summed E-state index contributed by atoms with van der Waals surface area (Å²) in [5.74, 6) is 0.455. The van der Waals surface area contributed by atoms with E-state index in [0.29, 0.717) is 35.1 Å². The van der Waals surface area contributed by atoms with Crippen molar-refractivity contribution >= 4 is 33.2 Å². The third kappa shape index (κ3) is 4.71. The number of sulfonamides is 1. The smallest absolute Gasteiger partial charge is 0.243 e. The van der Waals surface area contributed by atoms with Crippen LogP contribution in [0.25, 0.3) is 0 Å². The van der Waals surface area contributed by atoms with Crippen molar-refractivity contribution < 1.29 is 22.7 Å². The van der Waals surface area contributed by atoms with Crippen LogP contribution in [0.3, 0.4) is 0 Å². The lowest BCUT2D eigenvalue weighted by Crippen LogP contribution is -2.41. The Hall–Kier alpha value is -2.29. The summed E-state index contributed by atoms with van der Waals surface area (Å²) in [6.07, 6.45) is 0.899. The summed E-state index contributed by atoms with van der Waals surface area (Å²) in [5, 5.41) is 3.53. The summed E-state index contributed by atoms with van der Waals surface area (Å²) >= 11 is 5.96. The summed E-state index contributed by atoms with van der Waals surface area (Å²) in [7, 11) is -0.735. The summed E-state index contributed by atoms with van der Waals surface area (Å²) in [6.45, 7) is 2.42. The second-order valence-electron chi connectivity index (χ2n) is 7.14. The van der Waals surface area contributed by atoms with Gasteiger partial charge in [0, 0.05) is 35.8 Å². The van der Waals surface area contributed by atoms with Crippen LogP contribution in [0.1, 0.15) is 18.4 Å². The van der Waals surface area contributed by atoms with Crippen LogP contribution >= 0.6 is 11.6 Å². The molecule has 1 fully saturated rings. The van der Waals surface area contributed by atoms with E-state index < -0.39 is 10.0 Å². The van der Waals surface area contributed by atoms with E-state index in [1.807, 2.05) is 6.92 Å². The minimum absolute atomic E-state index is 0.108. The quantitative estimate of drug-likeness (QED) is 0.722. The Labute approximate surface area is 182 Å². The first-order valence-corrected chi connectivity index (χ1v) is 11.4. The highest BCUT2D eigenvalue weighted by Gasteiger charge is 2.32. The van der Waals surface area contributed by atoms with Crippen LogP contribution in [0.4, 0.5) is 5.69 Å². The number of carbonyl (C=O) groups excluding carboxylic acids is 1. The molecule has 0 aliphatic carbocycles. The number of amides is 1. The van der Waals surface area contributed by atoms with Gasteiger partial charge in [0.25, 0.3) is 0 Å². The fraction of sp³-hybridized carbons (Fsp3) is 0.381. The van der Waals surface area contributed by atoms with E-state index >= 15 is 0 Å². The molecule has 1 aliphatic heterocycles. The monoisotopic (exact) mass is 452 g/mol. The van der Waals surface area contributed by atoms with Gasteiger partial charge in [-0.15, -0.1) is 0 Å². The van der Waals surface area contributed by atoms with Gasteiger partial charge in [-0.05, 0) is 55.7 Å². The maximum absolute atomic E-state index is 13.0. The molecule has 7 nitrogen and oxygen atoms in total. The van der Waals surface area contributed by atoms with Gasteiger partial charge in [0.2, 0.25) is 15.9 Å². The van der Waals surface area contributed by atoms with Crippen LogP contribution in [0.15, 0.2) is 41.3 Å². The highest BCUT2D eigenvalue weighted by atomic mass is 35.5. The van der Waals surface area contributed by atoms with Crippen molar-refractivity contribution in [2.45, 2.75) is 24.7 Å². The number of ether oxygens (including phenoxy) is 2. The predicted molar refractivity (Wildman–Crippen MR) is 116 cm³/mol. The third-order valence-electron chi connectivity index (χ3n) is 5.26. The van der Waals surface area contributed by atoms with Crippen LogP contribution in [-0.4, -0.2) is 45.9 Å². The zero-order valence-electron chi connectivity index (χ0n) is 17.1. The van der Waals surface area contributed by atoms with Gasteiger partial charge in [-0.1, -0.05) is 11.6 Å². The van der Waals surface area contributed by atoms with Gasteiger partial charge in [0.1, 0.15) is 0 Å². The van der Waals surface area contributed by atoms with E-state index in [4.69, 9.17) is 21.1 Å². The Kier molecular flexibility index (Phi) is 6.90. The number of nitrogens with one attached hydrogen (secondary N) is 1. The minimum Gasteiger partial charge on any atom is -0.493 e. The fourth-order valence-electron chi connectivity index (χ4n) is 3.49. The maximum atomic E-state index is 13.0. The Morgan fingerprint density at radius 3 is 2.33 bits per heavy atom. The second kappa shape index (κ2) is 9.24. The molecule has 0 unspecified atom stereocenters. The number of hydrogen-bond acceptors (Lipinski definition) is 5. The molecule has 1 heterocycles. The fourth-order valence-corrected chi connectivity index (χ4v) is 5.20. The van der Waals surface area contributed by atoms with Crippen molar-refractivity contribution in [3.8, 4) is 11.5 Å². The average molecular weight is 453 g/mol. The van der Waals surface area contributed by atoms with Gasteiger partial charge < -0.3 is 14.8 Å². The highest BCUT2D eigenvalue weighted by molar-refractivity contribution is 7.89. The first-order chi connectivity index (χ1) is 14.3. The Morgan fingerprint density at radius 1 is 1.07 bits per heavy atom. The summed E-state index contributed by atoms with van der Waals surface area (Å²) < 4.78 is 37.8. The van der Waals surface area contributed by atoms with Crippen molar-refractivity contribution in [3.63, 3.8) is 0 Å². The molecular formula is C21H25ClN2O5S. The molecule has 1 amide bonds. The van der Waals surface area contributed by atoms with Gasteiger partial charge >= 0.3 is 0 Å². The van der Waals surface area contributed by atoms with E-state index in [1.54, 1.807) is 24.3 Å². The molecule has 1 saturated heterocycles. The van der Waals surface area contributed by atoms with Gasteiger partial charge in [-0.2, -0.15) is 4.31 Å². The Bertz CT molecular complexity index is 1030. The summed E-state index contributed by atoms with van der Waals surface area (Å²) in [6, 6.07) is 9.81. The molecule has 30 heavy (non-hydrogen) atoms. The van der Waals surface area contributed by atoms with Crippen LogP contribution in [0.2, 0.25) is 5.02 Å². The van der Waals surface area contributed by atoms with Gasteiger partial charge in [-0.25, -0.2) is 8.42 Å². The molecule has 3 rings (SSSR count). The number of hydrogen-bond donors (Lipinski definition) is 1. The number of piperidine rings is 1. The maximum Gasteiger partial charge on any atom is 0.243 e. The van der Waals surface area contributed by atoms with Crippen molar-refractivity contribution in [3.05, 3.63) is 47.0 Å². The number of halogens is 1. The van der Waals surface area contributed by atoms with Crippen molar-refractivity contribution in [2.24, 2.45) is 5.92 Å². The molecule has 0 spiro atoms. The van der Waals surface area contributed by atoms with E-state index in [-0.39, 0.29) is 29.8 Å². The van der Waals surface area contributed by atoms with E-state index in [2.05, 4.69) is 5.32 Å². The molecule has 2 aromatic carbocycles. The highest BCUT2D eigenvalue weighted by Crippen LogP contribution is 2.32. The zero-order chi connectivity index (χ0) is 21.9. The molecule has 162 valence electrons. The second-order valence-corrected chi connectivity index (χ2v) is 9.52. The molecule has 9 heteroatoms. The standard InChI is InChI=1S/C21H25ClN2O5S/c1-14-12-16(22)4-6-18(14)23-21(25)15-8-10-24(11-9-15)30(26,27)17-5-7-19(28-2)20(13-17)29-3/h4-7,12-13,15H,8-11H2,1-3H3,(H,23,25). The number of aryl methyl sites for hydroxylation is 1. The van der Waals surface area contributed by atoms with Gasteiger partial charge in [0.15, 0.2) is 11.5 Å². The van der Waals surface area contributed by atoms with Gasteiger partial charge in [-0.3, -0.25) is 4.79 Å². The first-order valence-electron chi connectivity index (χ1n) is 9.55. The van der Waals surface area contributed by atoms with E-state index in [0.717, 1.165) is 5.56 Å². The molecule has 0 atom stereocenters. The third-order valence-corrected chi connectivity index (χ3v) is 7.39. The Balaban J connectivity index is 1.66. The Morgan fingerprint density at radius 2 is 1.73 bits per heavy atom. The summed E-state index contributed by atoms with van der Waals surface area (Å²) in [5.41, 5.74) is 1.59. The number of anilines is 1. The van der Waals surface area contributed by atoms with Crippen LogP contribution in [0.5, 0.6) is 11.5 Å². The average Bonchev–Trinajstić information content (AvgIpc) is 2.75. The zero-order valence-corrected chi connectivity index (χ0v) is 18.7. The molecule has 0 saturated carbocycles. The number of methoxy groups -OCH3 is 2. The van der Waals surface area contributed by atoms with E-state index in [9.17, 15) is 13.2 Å². The molecule has 0 radical (unpaired) electrons. The normalized spacial score (nSPS) is 15.6. The largest absolute Gasteiger partial charge is 0.493 e.